The third kappa shape index (κ3) is 4.17. The lowest BCUT2D eigenvalue weighted by molar-refractivity contribution is -0.121. The van der Waals surface area contributed by atoms with Crippen LogP contribution in [-0.2, 0) is 4.79 Å². The van der Waals surface area contributed by atoms with Crippen molar-refractivity contribution in [3.05, 3.63) is 58.9 Å². The second kappa shape index (κ2) is 8.35. The summed E-state index contributed by atoms with van der Waals surface area (Å²) in [6.07, 6.45) is 5.23. The molecule has 7 heteroatoms. The Labute approximate surface area is 186 Å². The molecule has 0 bridgehead atoms. The molecule has 1 aliphatic heterocycles. The maximum atomic E-state index is 12.9. The molecule has 0 spiro atoms. The number of hydrogen-bond donors (Lipinski definition) is 2. The van der Waals surface area contributed by atoms with Crippen molar-refractivity contribution in [3.63, 3.8) is 0 Å². The Morgan fingerprint density at radius 1 is 1.06 bits per heavy atom. The van der Waals surface area contributed by atoms with Crippen LogP contribution < -0.4 is 5.32 Å². The number of benzene rings is 2. The standard InChI is InChI=1S/C24H25ClN4O2/c25-18-8-6-16(7-9-18)24(31)29-12-2-5-17(14-29)23(30)26-19-10-11-20-21(13-19)28-22(27-20)15-3-1-4-15/h6-11,13,15,17H,1-5,12,14H2,(H,26,30)(H,27,28). The molecule has 1 atom stereocenters. The first-order chi connectivity index (χ1) is 15.1. The lowest BCUT2D eigenvalue weighted by atomic mass is 9.85. The number of nitrogens with one attached hydrogen (secondary N) is 2. The number of fused-ring (bicyclic) bond motifs is 1. The predicted octanol–water partition coefficient (Wildman–Crippen LogP) is 4.97. The van der Waals surface area contributed by atoms with E-state index < -0.39 is 0 Å². The highest BCUT2D eigenvalue weighted by Crippen LogP contribution is 2.35. The number of piperidine rings is 1. The van der Waals surface area contributed by atoms with Gasteiger partial charge in [0.1, 0.15) is 5.82 Å². The molecule has 6 nitrogen and oxygen atoms in total. The van der Waals surface area contributed by atoms with Crippen molar-refractivity contribution in [1.82, 2.24) is 14.9 Å². The summed E-state index contributed by atoms with van der Waals surface area (Å²) in [4.78, 5) is 35.6. The molecular formula is C24H25ClN4O2. The first-order valence-corrected chi connectivity index (χ1v) is 11.3. The van der Waals surface area contributed by atoms with Crippen molar-refractivity contribution in [2.45, 2.75) is 38.0 Å². The maximum Gasteiger partial charge on any atom is 0.253 e. The fraction of sp³-hybridized carbons (Fsp3) is 0.375. The van der Waals surface area contributed by atoms with E-state index in [-0.39, 0.29) is 17.7 Å². The lowest BCUT2D eigenvalue weighted by Crippen LogP contribution is -2.43. The van der Waals surface area contributed by atoms with Gasteiger partial charge in [0.05, 0.1) is 17.0 Å². The zero-order valence-electron chi connectivity index (χ0n) is 17.2. The average Bonchev–Trinajstić information content (AvgIpc) is 3.15. The molecule has 0 radical (unpaired) electrons. The van der Waals surface area contributed by atoms with E-state index in [2.05, 4.69) is 15.3 Å². The van der Waals surface area contributed by atoms with Crippen molar-refractivity contribution in [2.75, 3.05) is 18.4 Å². The molecule has 31 heavy (non-hydrogen) atoms. The molecule has 2 heterocycles. The van der Waals surface area contributed by atoms with Crippen LogP contribution in [0.4, 0.5) is 5.69 Å². The highest BCUT2D eigenvalue weighted by molar-refractivity contribution is 6.30. The molecule has 3 aromatic rings. The number of H-pyrrole nitrogens is 1. The minimum atomic E-state index is -0.229. The summed E-state index contributed by atoms with van der Waals surface area (Å²) >= 11 is 5.92. The number of carbonyl (C=O) groups is 2. The fourth-order valence-corrected chi connectivity index (χ4v) is 4.50. The van der Waals surface area contributed by atoms with Crippen LogP contribution in [-0.4, -0.2) is 39.8 Å². The van der Waals surface area contributed by atoms with Crippen molar-refractivity contribution in [2.24, 2.45) is 5.92 Å². The molecule has 5 rings (SSSR count). The van der Waals surface area contributed by atoms with Gasteiger partial charge >= 0.3 is 0 Å². The van der Waals surface area contributed by atoms with Crippen LogP contribution >= 0.6 is 11.6 Å². The van der Waals surface area contributed by atoms with Crippen LogP contribution in [0.3, 0.4) is 0 Å². The Morgan fingerprint density at radius 3 is 2.61 bits per heavy atom. The summed E-state index contributed by atoms with van der Waals surface area (Å²) in [5.41, 5.74) is 3.22. The minimum absolute atomic E-state index is 0.0494. The van der Waals surface area contributed by atoms with Crippen LogP contribution in [0.1, 0.15) is 54.2 Å². The number of likely N-dealkylation sites (tertiary alicyclic amines) is 1. The van der Waals surface area contributed by atoms with Gasteiger partial charge in [-0.2, -0.15) is 0 Å². The number of hydrogen-bond acceptors (Lipinski definition) is 3. The van der Waals surface area contributed by atoms with Crippen molar-refractivity contribution >= 4 is 40.1 Å². The zero-order chi connectivity index (χ0) is 21.4. The van der Waals surface area contributed by atoms with Gasteiger partial charge in [-0.3, -0.25) is 9.59 Å². The molecule has 2 amide bonds. The van der Waals surface area contributed by atoms with Gasteiger partial charge in [-0.15, -0.1) is 0 Å². The predicted molar refractivity (Wildman–Crippen MR) is 121 cm³/mol. The van der Waals surface area contributed by atoms with E-state index in [0.717, 1.165) is 35.4 Å². The normalized spacial score (nSPS) is 19.3. The van der Waals surface area contributed by atoms with Crippen LogP contribution in [0.15, 0.2) is 42.5 Å². The third-order valence-corrected chi connectivity index (χ3v) is 6.68. The molecule has 1 saturated heterocycles. The van der Waals surface area contributed by atoms with Gasteiger partial charge in [-0.1, -0.05) is 18.0 Å². The van der Waals surface area contributed by atoms with Gasteiger partial charge in [0.15, 0.2) is 0 Å². The van der Waals surface area contributed by atoms with Crippen molar-refractivity contribution in [1.29, 1.82) is 0 Å². The number of aromatic amines is 1. The number of nitrogens with zero attached hydrogens (tertiary/aromatic N) is 2. The van der Waals surface area contributed by atoms with Crippen molar-refractivity contribution < 1.29 is 9.59 Å². The van der Waals surface area contributed by atoms with Gasteiger partial charge in [-0.25, -0.2) is 4.98 Å². The number of rotatable bonds is 4. The summed E-state index contributed by atoms with van der Waals surface area (Å²) in [6, 6.07) is 12.7. The Bertz CT molecular complexity index is 1120. The topological polar surface area (TPSA) is 78.1 Å². The fourth-order valence-electron chi connectivity index (χ4n) is 4.38. The summed E-state index contributed by atoms with van der Waals surface area (Å²) < 4.78 is 0. The minimum Gasteiger partial charge on any atom is -0.342 e. The molecular weight excluding hydrogens is 412 g/mol. The lowest BCUT2D eigenvalue weighted by Gasteiger charge is -2.32. The van der Waals surface area contributed by atoms with E-state index in [9.17, 15) is 9.59 Å². The maximum absolute atomic E-state index is 12.9. The SMILES string of the molecule is O=C(Nc1ccc2nc(C3CCC3)[nH]c2c1)C1CCCN(C(=O)c2ccc(Cl)cc2)C1. The Hall–Kier alpha value is -2.86. The molecule has 1 unspecified atom stereocenters. The first-order valence-electron chi connectivity index (χ1n) is 10.9. The van der Waals surface area contributed by atoms with Crippen LogP contribution in [0, 0.1) is 5.92 Å². The number of anilines is 1. The number of imidazole rings is 1. The van der Waals surface area contributed by atoms with E-state index in [1.54, 1.807) is 29.2 Å². The van der Waals surface area contributed by atoms with E-state index in [1.807, 2.05) is 18.2 Å². The van der Waals surface area contributed by atoms with E-state index in [4.69, 9.17) is 11.6 Å². The molecule has 1 saturated carbocycles. The molecule has 2 N–H and O–H groups in total. The average molecular weight is 437 g/mol. The van der Waals surface area contributed by atoms with Gasteiger partial charge in [0.2, 0.25) is 5.91 Å². The summed E-state index contributed by atoms with van der Waals surface area (Å²) in [6.45, 7) is 1.08. The molecule has 1 aliphatic carbocycles. The van der Waals surface area contributed by atoms with E-state index in [1.165, 1.54) is 19.3 Å². The number of carbonyl (C=O) groups excluding carboxylic acids is 2. The summed E-state index contributed by atoms with van der Waals surface area (Å²) in [7, 11) is 0. The van der Waals surface area contributed by atoms with Crippen LogP contribution in [0.5, 0.6) is 0 Å². The number of aromatic nitrogens is 2. The highest BCUT2D eigenvalue weighted by atomic mass is 35.5. The Morgan fingerprint density at radius 2 is 1.87 bits per heavy atom. The highest BCUT2D eigenvalue weighted by Gasteiger charge is 2.29. The second-order valence-electron chi connectivity index (χ2n) is 8.57. The Balaban J connectivity index is 1.25. The van der Waals surface area contributed by atoms with E-state index >= 15 is 0 Å². The quantitative estimate of drug-likeness (QED) is 0.605. The van der Waals surface area contributed by atoms with Crippen LogP contribution in [0.25, 0.3) is 11.0 Å². The Kier molecular flexibility index (Phi) is 5.40. The molecule has 2 fully saturated rings. The largest absolute Gasteiger partial charge is 0.342 e. The van der Waals surface area contributed by atoms with Gasteiger partial charge in [-0.05, 0) is 68.1 Å². The molecule has 2 aromatic carbocycles. The van der Waals surface area contributed by atoms with Gasteiger partial charge < -0.3 is 15.2 Å². The smallest absolute Gasteiger partial charge is 0.253 e. The summed E-state index contributed by atoms with van der Waals surface area (Å²) in [5, 5.41) is 3.63. The third-order valence-electron chi connectivity index (χ3n) is 6.43. The van der Waals surface area contributed by atoms with Gasteiger partial charge in [0.25, 0.3) is 5.91 Å². The zero-order valence-corrected chi connectivity index (χ0v) is 18.0. The second-order valence-corrected chi connectivity index (χ2v) is 9.00. The first kappa shape index (κ1) is 20.1. The monoisotopic (exact) mass is 436 g/mol. The summed E-state index contributed by atoms with van der Waals surface area (Å²) in [5.74, 6) is 1.25. The van der Waals surface area contributed by atoms with Gasteiger partial charge in [0, 0.05) is 35.3 Å². The number of halogens is 1. The molecule has 1 aromatic heterocycles. The van der Waals surface area contributed by atoms with E-state index in [0.29, 0.717) is 29.6 Å². The van der Waals surface area contributed by atoms with Crippen molar-refractivity contribution in [3.8, 4) is 0 Å². The molecule has 160 valence electrons. The molecule has 2 aliphatic rings. The number of amides is 2. The van der Waals surface area contributed by atoms with Crippen LogP contribution in [0.2, 0.25) is 5.02 Å².